The van der Waals surface area contributed by atoms with Crippen molar-refractivity contribution in [3.05, 3.63) is 35.6 Å². The number of halogens is 2. The minimum absolute atomic E-state index is 0. The predicted molar refractivity (Wildman–Crippen MR) is 118 cm³/mol. The van der Waals surface area contributed by atoms with Crippen molar-refractivity contribution < 1.29 is 9.18 Å². The van der Waals surface area contributed by atoms with Gasteiger partial charge in [-0.25, -0.2) is 4.39 Å². The van der Waals surface area contributed by atoms with E-state index in [9.17, 15) is 9.18 Å². The van der Waals surface area contributed by atoms with Crippen LogP contribution in [0.25, 0.3) is 0 Å². The molecule has 1 aromatic rings. The monoisotopic (exact) mass is 491 g/mol. The van der Waals surface area contributed by atoms with E-state index >= 15 is 0 Å². The second kappa shape index (κ2) is 11.4. The van der Waals surface area contributed by atoms with Gasteiger partial charge >= 0.3 is 0 Å². The van der Waals surface area contributed by atoms with Crippen LogP contribution in [-0.2, 0) is 4.79 Å². The van der Waals surface area contributed by atoms with Crippen LogP contribution in [0.5, 0.6) is 0 Å². The number of guanidine groups is 1. The number of aliphatic imine (C=N–C) groups is 1. The molecule has 0 spiro atoms. The molecule has 8 heteroatoms. The molecule has 1 saturated heterocycles. The summed E-state index contributed by atoms with van der Waals surface area (Å²) < 4.78 is 13.6. The molecule has 1 aliphatic rings. The number of rotatable bonds is 5. The molecular weight excluding hydrogens is 460 g/mol. The summed E-state index contributed by atoms with van der Waals surface area (Å²) in [5.74, 6) is 0.731. The maximum atomic E-state index is 13.6. The number of amides is 1. The van der Waals surface area contributed by atoms with E-state index in [0.717, 1.165) is 31.2 Å². The van der Waals surface area contributed by atoms with Gasteiger partial charge in [-0.1, -0.05) is 12.1 Å². The van der Waals surface area contributed by atoms with Crippen molar-refractivity contribution in [3.63, 3.8) is 0 Å². The Balaban J connectivity index is 0.00000364. The van der Waals surface area contributed by atoms with Gasteiger partial charge in [0.15, 0.2) is 5.96 Å². The van der Waals surface area contributed by atoms with Crippen molar-refractivity contribution in [1.82, 2.24) is 20.0 Å². The second-order valence-electron chi connectivity index (χ2n) is 6.72. The first-order valence-electron chi connectivity index (χ1n) is 9.13. The molecule has 1 aliphatic heterocycles. The van der Waals surface area contributed by atoms with Crippen molar-refractivity contribution in [2.75, 3.05) is 53.4 Å². The Morgan fingerprint density at radius 3 is 2.41 bits per heavy atom. The first-order chi connectivity index (χ1) is 12.4. The maximum Gasteiger partial charge on any atom is 0.219 e. The summed E-state index contributed by atoms with van der Waals surface area (Å²) in [6.07, 6.45) is 0. The van der Waals surface area contributed by atoms with Gasteiger partial charge in [-0.3, -0.25) is 9.79 Å². The highest BCUT2D eigenvalue weighted by molar-refractivity contribution is 14.0. The molecule has 1 fully saturated rings. The lowest BCUT2D eigenvalue weighted by Crippen LogP contribution is -2.53. The average Bonchev–Trinajstić information content (AvgIpc) is 2.61. The molecule has 0 aromatic heterocycles. The van der Waals surface area contributed by atoms with Crippen molar-refractivity contribution in [2.45, 2.75) is 19.9 Å². The second-order valence-corrected chi connectivity index (χ2v) is 6.72. The number of likely N-dealkylation sites (N-methyl/N-ethyl adjacent to an activating group) is 1. The summed E-state index contributed by atoms with van der Waals surface area (Å²) >= 11 is 0. The van der Waals surface area contributed by atoms with Gasteiger partial charge in [-0.15, -0.1) is 24.0 Å². The molecule has 1 N–H and O–H groups in total. The minimum Gasteiger partial charge on any atom is -0.357 e. The fraction of sp³-hybridized carbons (Fsp3) is 0.579. The number of hydrogen-bond donors (Lipinski definition) is 1. The highest BCUT2D eigenvalue weighted by atomic mass is 127. The van der Waals surface area contributed by atoms with Gasteiger partial charge in [0.25, 0.3) is 0 Å². The van der Waals surface area contributed by atoms with E-state index < -0.39 is 0 Å². The molecule has 0 bridgehead atoms. The van der Waals surface area contributed by atoms with Crippen LogP contribution in [0.3, 0.4) is 0 Å². The lowest BCUT2D eigenvalue weighted by Gasteiger charge is -2.36. The SMILES string of the molecule is CCNC(=NCC(c1cccc(F)c1)N(C)C)N1CCN(C(C)=O)CC1.I. The molecule has 1 atom stereocenters. The molecule has 27 heavy (non-hydrogen) atoms. The van der Waals surface area contributed by atoms with Gasteiger partial charge < -0.3 is 20.0 Å². The smallest absolute Gasteiger partial charge is 0.219 e. The Labute approximate surface area is 178 Å². The third-order valence-electron chi connectivity index (χ3n) is 4.63. The first kappa shape index (κ1) is 23.6. The minimum atomic E-state index is -0.231. The van der Waals surface area contributed by atoms with E-state index in [4.69, 9.17) is 4.99 Å². The first-order valence-corrected chi connectivity index (χ1v) is 9.13. The molecule has 1 unspecified atom stereocenters. The molecule has 0 radical (unpaired) electrons. The van der Waals surface area contributed by atoms with E-state index in [-0.39, 0.29) is 41.7 Å². The quantitative estimate of drug-likeness (QED) is 0.390. The lowest BCUT2D eigenvalue weighted by atomic mass is 10.1. The fourth-order valence-corrected chi connectivity index (χ4v) is 3.11. The third-order valence-corrected chi connectivity index (χ3v) is 4.63. The van der Waals surface area contributed by atoms with Gasteiger partial charge in [0.2, 0.25) is 5.91 Å². The Bertz CT molecular complexity index is 632. The zero-order valence-corrected chi connectivity index (χ0v) is 18.9. The van der Waals surface area contributed by atoms with E-state index in [1.165, 1.54) is 6.07 Å². The molecule has 0 saturated carbocycles. The van der Waals surface area contributed by atoms with Crippen molar-refractivity contribution in [1.29, 1.82) is 0 Å². The van der Waals surface area contributed by atoms with Crippen molar-refractivity contribution >= 4 is 35.8 Å². The summed E-state index contributed by atoms with van der Waals surface area (Å²) in [5, 5.41) is 3.33. The number of nitrogens with zero attached hydrogens (tertiary/aromatic N) is 4. The summed E-state index contributed by atoms with van der Waals surface area (Å²) in [6.45, 7) is 7.90. The van der Waals surface area contributed by atoms with Crippen LogP contribution >= 0.6 is 24.0 Å². The summed E-state index contributed by atoms with van der Waals surface area (Å²) in [6, 6.07) is 6.69. The van der Waals surface area contributed by atoms with Crippen LogP contribution < -0.4 is 5.32 Å². The predicted octanol–water partition coefficient (Wildman–Crippen LogP) is 2.18. The van der Waals surface area contributed by atoms with E-state index in [1.54, 1.807) is 19.1 Å². The van der Waals surface area contributed by atoms with Crippen LogP contribution in [-0.4, -0.2) is 79.9 Å². The number of carbonyl (C=O) groups excluding carboxylic acids is 1. The molecule has 1 amide bonds. The standard InChI is InChI=1S/C19H30FN5O.HI/c1-5-21-19(25-11-9-24(10-12-25)15(2)26)22-14-18(23(3)4)16-7-6-8-17(20)13-16;/h6-8,13,18H,5,9-12,14H2,1-4H3,(H,21,22);1H. The van der Waals surface area contributed by atoms with Crippen LogP contribution in [0.4, 0.5) is 4.39 Å². The van der Waals surface area contributed by atoms with E-state index in [2.05, 4.69) is 15.1 Å². The zero-order chi connectivity index (χ0) is 19.1. The normalized spacial score (nSPS) is 16.1. The molecular formula is C19H31FIN5O. The fourth-order valence-electron chi connectivity index (χ4n) is 3.11. The highest BCUT2D eigenvalue weighted by Crippen LogP contribution is 2.19. The van der Waals surface area contributed by atoms with Crippen molar-refractivity contribution in [3.8, 4) is 0 Å². The van der Waals surface area contributed by atoms with Crippen LogP contribution in [0, 0.1) is 5.82 Å². The van der Waals surface area contributed by atoms with E-state index in [1.807, 2.05) is 32.0 Å². The van der Waals surface area contributed by atoms with Gasteiger partial charge in [0.1, 0.15) is 5.82 Å². The Morgan fingerprint density at radius 2 is 1.89 bits per heavy atom. The molecule has 2 rings (SSSR count). The third kappa shape index (κ3) is 6.91. The highest BCUT2D eigenvalue weighted by Gasteiger charge is 2.22. The number of carbonyl (C=O) groups is 1. The molecule has 0 aliphatic carbocycles. The summed E-state index contributed by atoms with van der Waals surface area (Å²) in [4.78, 5) is 22.4. The number of nitrogens with one attached hydrogen (secondary N) is 1. The Kier molecular flexibility index (Phi) is 10.00. The Hall–Kier alpha value is -1.42. The van der Waals surface area contributed by atoms with Crippen molar-refractivity contribution in [2.24, 2.45) is 4.99 Å². The van der Waals surface area contributed by atoms with Gasteiger partial charge in [-0.05, 0) is 38.7 Å². The largest absolute Gasteiger partial charge is 0.357 e. The van der Waals surface area contributed by atoms with Crippen LogP contribution in [0.1, 0.15) is 25.5 Å². The summed E-state index contributed by atoms with van der Waals surface area (Å²) in [7, 11) is 3.95. The van der Waals surface area contributed by atoms with Gasteiger partial charge in [0.05, 0.1) is 12.6 Å². The molecule has 6 nitrogen and oxygen atoms in total. The molecule has 152 valence electrons. The van der Waals surface area contributed by atoms with Gasteiger partial charge in [-0.2, -0.15) is 0 Å². The lowest BCUT2D eigenvalue weighted by molar-refractivity contribution is -0.130. The summed E-state index contributed by atoms with van der Waals surface area (Å²) in [5.41, 5.74) is 0.913. The molecule has 1 heterocycles. The van der Waals surface area contributed by atoms with Crippen LogP contribution in [0.2, 0.25) is 0 Å². The number of piperazine rings is 1. The van der Waals surface area contributed by atoms with E-state index in [0.29, 0.717) is 19.6 Å². The maximum absolute atomic E-state index is 13.6. The van der Waals surface area contributed by atoms with Gasteiger partial charge in [0, 0.05) is 39.6 Å². The average molecular weight is 491 g/mol. The Morgan fingerprint density at radius 1 is 1.26 bits per heavy atom. The number of benzene rings is 1. The molecule has 1 aromatic carbocycles. The number of hydrogen-bond acceptors (Lipinski definition) is 3. The van der Waals surface area contributed by atoms with Crippen LogP contribution in [0.15, 0.2) is 29.3 Å². The zero-order valence-electron chi connectivity index (χ0n) is 16.6. The topological polar surface area (TPSA) is 51.2 Å².